The molecule has 2 N–H and O–H groups in total. The average molecular weight is 444 g/mol. The summed E-state index contributed by atoms with van der Waals surface area (Å²) in [6, 6.07) is 4.99. The summed E-state index contributed by atoms with van der Waals surface area (Å²) < 4.78 is 17.9. The Labute approximate surface area is 150 Å². The van der Waals surface area contributed by atoms with Crippen molar-refractivity contribution in [3.8, 4) is 17.2 Å². The summed E-state index contributed by atoms with van der Waals surface area (Å²) in [6.07, 6.45) is 1.69. The monoisotopic (exact) mass is 444 g/mol. The van der Waals surface area contributed by atoms with Gasteiger partial charge in [0.05, 0.1) is 3.57 Å². The van der Waals surface area contributed by atoms with Gasteiger partial charge < -0.3 is 14.2 Å². The van der Waals surface area contributed by atoms with Crippen LogP contribution in [0.3, 0.4) is 0 Å². The zero-order valence-corrected chi connectivity index (χ0v) is 14.7. The van der Waals surface area contributed by atoms with Crippen LogP contribution < -0.4 is 25.1 Å². The van der Waals surface area contributed by atoms with E-state index < -0.39 is 11.8 Å². The molecule has 0 spiro atoms. The first-order chi connectivity index (χ1) is 11.5. The molecule has 0 aliphatic carbocycles. The standard InChI is InChI=1S/C14H13IN4O5/c1-19-5-9(15)13(18-19)14(21)17-16-12(20)6-22-8-2-3-10-11(4-8)24-7-23-10/h2-5H,6-7H2,1H3,(H,16,20)(H,17,21). The second-order valence-electron chi connectivity index (χ2n) is 4.81. The van der Waals surface area contributed by atoms with E-state index in [1.54, 1.807) is 31.4 Å². The quantitative estimate of drug-likeness (QED) is 0.529. The Bertz CT molecular complexity index is 791. The highest BCUT2D eigenvalue weighted by atomic mass is 127. The van der Waals surface area contributed by atoms with E-state index in [-0.39, 0.29) is 19.1 Å². The van der Waals surface area contributed by atoms with E-state index in [1.165, 1.54) is 4.68 Å². The molecule has 1 aliphatic rings. The molecule has 126 valence electrons. The normalized spacial score (nSPS) is 11.9. The minimum atomic E-state index is -0.507. The van der Waals surface area contributed by atoms with Crippen LogP contribution in [0.1, 0.15) is 10.5 Å². The van der Waals surface area contributed by atoms with Gasteiger partial charge in [-0.25, -0.2) is 0 Å². The van der Waals surface area contributed by atoms with Crippen molar-refractivity contribution in [2.24, 2.45) is 7.05 Å². The number of fused-ring (bicyclic) bond motifs is 1. The van der Waals surface area contributed by atoms with Crippen LogP contribution in [-0.4, -0.2) is 35.0 Å². The van der Waals surface area contributed by atoms with Gasteiger partial charge in [-0.2, -0.15) is 5.10 Å². The molecule has 1 aliphatic heterocycles. The lowest BCUT2D eigenvalue weighted by atomic mass is 10.3. The number of benzene rings is 1. The Kier molecular flexibility index (Phi) is 4.74. The first kappa shape index (κ1) is 16.4. The molecule has 9 nitrogen and oxygen atoms in total. The Morgan fingerprint density at radius 2 is 2.12 bits per heavy atom. The highest BCUT2D eigenvalue weighted by Crippen LogP contribution is 2.34. The Balaban J connectivity index is 1.47. The molecule has 1 aromatic heterocycles. The number of ether oxygens (including phenoxy) is 3. The number of halogens is 1. The third kappa shape index (κ3) is 3.69. The van der Waals surface area contributed by atoms with Gasteiger partial charge in [0.15, 0.2) is 23.8 Å². The average Bonchev–Trinajstić information content (AvgIpc) is 3.15. The number of carbonyl (C=O) groups excluding carboxylic acids is 2. The van der Waals surface area contributed by atoms with Crippen LogP contribution in [0.2, 0.25) is 0 Å². The van der Waals surface area contributed by atoms with Gasteiger partial charge in [0.1, 0.15) is 5.75 Å². The summed E-state index contributed by atoms with van der Waals surface area (Å²) in [6.45, 7) is -0.100. The molecule has 1 aromatic carbocycles. The largest absolute Gasteiger partial charge is 0.484 e. The van der Waals surface area contributed by atoms with E-state index in [9.17, 15) is 9.59 Å². The molecule has 0 saturated heterocycles. The van der Waals surface area contributed by atoms with Gasteiger partial charge >= 0.3 is 0 Å². The van der Waals surface area contributed by atoms with Crippen molar-refractivity contribution in [3.05, 3.63) is 33.7 Å². The van der Waals surface area contributed by atoms with Crippen molar-refractivity contribution in [1.29, 1.82) is 0 Å². The van der Waals surface area contributed by atoms with E-state index in [4.69, 9.17) is 14.2 Å². The van der Waals surface area contributed by atoms with Gasteiger partial charge in [0.25, 0.3) is 11.8 Å². The second kappa shape index (κ2) is 6.95. The zero-order valence-electron chi connectivity index (χ0n) is 12.5. The second-order valence-corrected chi connectivity index (χ2v) is 5.97. The molecule has 0 fully saturated rings. The lowest BCUT2D eigenvalue weighted by molar-refractivity contribution is -0.123. The number of hydrogen-bond donors (Lipinski definition) is 2. The summed E-state index contributed by atoms with van der Waals surface area (Å²) in [5.74, 6) is 0.637. The predicted molar refractivity (Wildman–Crippen MR) is 89.6 cm³/mol. The molecule has 0 unspecified atom stereocenters. The van der Waals surface area contributed by atoms with Crippen molar-refractivity contribution < 1.29 is 23.8 Å². The number of aromatic nitrogens is 2. The molecule has 3 rings (SSSR count). The van der Waals surface area contributed by atoms with E-state index in [0.29, 0.717) is 20.8 Å². The third-order valence-corrected chi connectivity index (χ3v) is 3.82. The minimum Gasteiger partial charge on any atom is -0.484 e. The van der Waals surface area contributed by atoms with Gasteiger partial charge in [-0.1, -0.05) is 0 Å². The minimum absolute atomic E-state index is 0.164. The number of amides is 2. The maximum atomic E-state index is 11.9. The first-order valence-corrected chi connectivity index (χ1v) is 7.91. The molecular formula is C14H13IN4O5. The summed E-state index contributed by atoms with van der Waals surface area (Å²) in [5.41, 5.74) is 4.79. The van der Waals surface area contributed by atoms with Crippen molar-refractivity contribution >= 4 is 34.4 Å². The SMILES string of the molecule is Cn1cc(I)c(C(=O)NNC(=O)COc2ccc3c(c2)OCO3)n1. The molecule has 0 saturated carbocycles. The maximum Gasteiger partial charge on any atom is 0.291 e. The number of hydrogen-bond acceptors (Lipinski definition) is 6. The first-order valence-electron chi connectivity index (χ1n) is 6.83. The van der Waals surface area contributed by atoms with Gasteiger partial charge in [-0.3, -0.25) is 25.1 Å². The number of nitrogens with one attached hydrogen (secondary N) is 2. The Morgan fingerprint density at radius 1 is 1.33 bits per heavy atom. The smallest absolute Gasteiger partial charge is 0.291 e. The number of hydrazine groups is 1. The zero-order chi connectivity index (χ0) is 17.1. The Morgan fingerprint density at radius 3 is 2.88 bits per heavy atom. The van der Waals surface area contributed by atoms with Crippen molar-refractivity contribution in [1.82, 2.24) is 20.6 Å². The lowest BCUT2D eigenvalue weighted by Gasteiger charge is -2.08. The fourth-order valence-corrected chi connectivity index (χ4v) is 2.71. The third-order valence-electron chi connectivity index (χ3n) is 3.03. The number of rotatable bonds is 4. The molecule has 0 bridgehead atoms. The van der Waals surface area contributed by atoms with Gasteiger partial charge in [-0.15, -0.1) is 0 Å². The van der Waals surface area contributed by atoms with Crippen LogP contribution in [0, 0.1) is 3.57 Å². The van der Waals surface area contributed by atoms with Crippen LogP contribution in [0.25, 0.3) is 0 Å². The summed E-state index contributed by atoms with van der Waals surface area (Å²) in [5, 5.41) is 4.00. The maximum absolute atomic E-state index is 11.9. The van der Waals surface area contributed by atoms with Gasteiger partial charge in [0.2, 0.25) is 6.79 Å². The summed E-state index contributed by atoms with van der Waals surface area (Å²) in [7, 11) is 1.71. The highest BCUT2D eigenvalue weighted by Gasteiger charge is 2.16. The van der Waals surface area contributed by atoms with Crippen molar-refractivity contribution in [3.63, 3.8) is 0 Å². The molecule has 0 radical (unpaired) electrons. The fourth-order valence-electron chi connectivity index (χ4n) is 1.95. The van der Waals surface area contributed by atoms with Crippen LogP contribution in [0.15, 0.2) is 24.4 Å². The lowest BCUT2D eigenvalue weighted by Crippen LogP contribution is -2.44. The molecule has 10 heteroatoms. The van der Waals surface area contributed by atoms with Crippen molar-refractivity contribution in [2.45, 2.75) is 0 Å². The molecule has 2 amide bonds. The van der Waals surface area contributed by atoms with Crippen LogP contribution in [-0.2, 0) is 11.8 Å². The molecule has 2 heterocycles. The predicted octanol–water partition coefficient (Wildman–Crippen LogP) is 0.593. The van der Waals surface area contributed by atoms with Gasteiger partial charge in [0, 0.05) is 19.3 Å². The molecular weight excluding hydrogens is 431 g/mol. The fraction of sp³-hybridized carbons (Fsp3) is 0.214. The summed E-state index contributed by atoms with van der Waals surface area (Å²) >= 11 is 1.99. The molecule has 0 atom stereocenters. The van der Waals surface area contributed by atoms with E-state index in [2.05, 4.69) is 16.0 Å². The number of nitrogens with zero attached hydrogens (tertiary/aromatic N) is 2. The number of aryl methyl sites for hydroxylation is 1. The van der Waals surface area contributed by atoms with E-state index in [0.717, 1.165) is 0 Å². The van der Waals surface area contributed by atoms with Crippen LogP contribution >= 0.6 is 22.6 Å². The van der Waals surface area contributed by atoms with Crippen molar-refractivity contribution in [2.75, 3.05) is 13.4 Å². The number of carbonyl (C=O) groups is 2. The van der Waals surface area contributed by atoms with E-state index in [1.807, 2.05) is 22.6 Å². The topological polar surface area (TPSA) is 104 Å². The molecule has 24 heavy (non-hydrogen) atoms. The van der Waals surface area contributed by atoms with Crippen LogP contribution in [0.5, 0.6) is 17.2 Å². The summed E-state index contributed by atoms with van der Waals surface area (Å²) in [4.78, 5) is 23.6. The van der Waals surface area contributed by atoms with E-state index >= 15 is 0 Å². The van der Waals surface area contributed by atoms with Gasteiger partial charge in [-0.05, 0) is 34.7 Å². The van der Waals surface area contributed by atoms with Crippen LogP contribution in [0.4, 0.5) is 0 Å². The Hall–Kier alpha value is -2.50. The molecule has 2 aromatic rings. The highest BCUT2D eigenvalue weighted by molar-refractivity contribution is 14.1.